The van der Waals surface area contributed by atoms with Crippen molar-refractivity contribution in [3.63, 3.8) is 0 Å². The van der Waals surface area contributed by atoms with Crippen LogP contribution in [-0.2, 0) is 0 Å². The highest BCUT2D eigenvalue weighted by molar-refractivity contribution is 5.76. The molecule has 0 radical (unpaired) electrons. The molecule has 1 aliphatic rings. The van der Waals surface area contributed by atoms with Gasteiger partial charge in [0.1, 0.15) is 12.4 Å². The third-order valence-electron chi connectivity index (χ3n) is 2.94. The van der Waals surface area contributed by atoms with E-state index in [0.717, 1.165) is 17.9 Å². The SMILES string of the molecule is CC(O)c1ccc(OCCN2CCNC2=O)cc1. The van der Waals surface area contributed by atoms with Crippen molar-refractivity contribution in [3.05, 3.63) is 29.8 Å². The van der Waals surface area contributed by atoms with Crippen LogP contribution in [0, 0.1) is 0 Å². The van der Waals surface area contributed by atoms with Crippen molar-refractivity contribution < 1.29 is 14.6 Å². The molecule has 0 spiro atoms. The largest absolute Gasteiger partial charge is 0.492 e. The number of urea groups is 1. The molecule has 0 saturated carbocycles. The summed E-state index contributed by atoms with van der Waals surface area (Å²) in [5, 5.41) is 12.1. The van der Waals surface area contributed by atoms with Gasteiger partial charge in [0.25, 0.3) is 0 Å². The molecule has 2 rings (SSSR count). The van der Waals surface area contributed by atoms with Crippen LogP contribution in [0.15, 0.2) is 24.3 Å². The molecule has 18 heavy (non-hydrogen) atoms. The molecule has 1 fully saturated rings. The smallest absolute Gasteiger partial charge is 0.317 e. The number of aliphatic hydroxyl groups excluding tert-OH is 1. The number of carbonyl (C=O) groups excluding carboxylic acids is 1. The maximum atomic E-state index is 11.3. The minimum absolute atomic E-state index is 0.0250. The van der Waals surface area contributed by atoms with Crippen molar-refractivity contribution in [1.29, 1.82) is 0 Å². The molecule has 1 atom stereocenters. The Hall–Kier alpha value is -1.75. The first-order chi connectivity index (χ1) is 8.66. The predicted molar refractivity (Wildman–Crippen MR) is 67.5 cm³/mol. The number of amides is 2. The lowest BCUT2D eigenvalue weighted by Gasteiger charge is -2.14. The molecule has 1 saturated heterocycles. The molecule has 0 bridgehead atoms. The molecular weight excluding hydrogens is 232 g/mol. The van der Waals surface area contributed by atoms with Gasteiger partial charge in [-0.25, -0.2) is 4.79 Å². The number of ether oxygens (including phenoxy) is 1. The second-order valence-electron chi connectivity index (χ2n) is 4.31. The maximum absolute atomic E-state index is 11.3. The number of aliphatic hydroxyl groups is 1. The summed E-state index contributed by atoms with van der Waals surface area (Å²) >= 11 is 0. The van der Waals surface area contributed by atoms with E-state index in [0.29, 0.717) is 19.7 Å². The summed E-state index contributed by atoms with van der Waals surface area (Å²) in [6.07, 6.45) is -0.465. The van der Waals surface area contributed by atoms with E-state index in [1.165, 1.54) is 0 Å². The fourth-order valence-corrected chi connectivity index (χ4v) is 1.84. The van der Waals surface area contributed by atoms with Crippen molar-refractivity contribution in [3.8, 4) is 5.75 Å². The zero-order valence-corrected chi connectivity index (χ0v) is 10.4. The molecule has 1 unspecified atom stereocenters. The average Bonchev–Trinajstić information content (AvgIpc) is 2.76. The maximum Gasteiger partial charge on any atom is 0.317 e. The van der Waals surface area contributed by atoms with Gasteiger partial charge in [-0.15, -0.1) is 0 Å². The molecule has 1 heterocycles. The molecular formula is C13H18N2O3. The monoisotopic (exact) mass is 250 g/mol. The molecule has 1 aromatic carbocycles. The molecule has 98 valence electrons. The summed E-state index contributed by atoms with van der Waals surface area (Å²) < 4.78 is 5.55. The Kier molecular flexibility index (Phi) is 4.04. The highest BCUT2D eigenvalue weighted by Gasteiger charge is 2.18. The van der Waals surface area contributed by atoms with Gasteiger partial charge in [0.05, 0.1) is 12.6 Å². The van der Waals surface area contributed by atoms with Gasteiger partial charge >= 0.3 is 6.03 Å². The second-order valence-corrected chi connectivity index (χ2v) is 4.31. The number of hydrogen-bond acceptors (Lipinski definition) is 3. The summed E-state index contributed by atoms with van der Waals surface area (Å²) in [7, 11) is 0. The van der Waals surface area contributed by atoms with Crippen LogP contribution in [0.4, 0.5) is 4.79 Å². The van der Waals surface area contributed by atoms with Crippen LogP contribution in [0.25, 0.3) is 0 Å². The van der Waals surface area contributed by atoms with Crippen LogP contribution in [0.3, 0.4) is 0 Å². The van der Waals surface area contributed by atoms with Gasteiger partial charge in [-0.1, -0.05) is 12.1 Å². The van der Waals surface area contributed by atoms with Gasteiger partial charge in [0.2, 0.25) is 0 Å². The minimum atomic E-state index is -0.465. The lowest BCUT2D eigenvalue weighted by Crippen LogP contribution is -2.31. The van der Waals surface area contributed by atoms with Crippen molar-refractivity contribution in [2.45, 2.75) is 13.0 Å². The lowest BCUT2D eigenvalue weighted by molar-refractivity contribution is 0.198. The van der Waals surface area contributed by atoms with Gasteiger partial charge < -0.3 is 20.1 Å². The second kappa shape index (κ2) is 5.73. The van der Waals surface area contributed by atoms with Crippen molar-refractivity contribution in [2.75, 3.05) is 26.2 Å². The molecule has 1 aromatic rings. The highest BCUT2D eigenvalue weighted by Crippen LogP contribution is 2.17. The topological polar surface area (TPSA) is 61.8 Å². The summed E-state index contributed by atoms with van der Waals surface area (Å²) in [4.78, 5) is 13.0. The van der Waals surface area contributed by atoms with Gasteiger partial charge in [-0.3, -0.25) is 0 Å². The van der Waals surface area contributed by atoms with Gasteiger partial charge in [-0.2, -0.15) is 0 Å². The Morgan fingerprint density at radius 1 is 1.44 bits per heavy atom. The number of nitrogens with zero attached hydrogens (tertiary/aromatic N) is 1. The van der Waals surface area contributed by atoms with Crippen molar-refractivity contribution >= 4 is 6.03 Å². The van der Waals surface area contributed by atoms with Gasteiger partial charge in [-0.05, 0) is 24.6 Å². The quantitative estimate of drug-likeness (QED) is 0.824. The van der Waals surface area contributed by atoms with E-state index in [1.54, 1.807) is 11.8 Å². The van der Waals surface area contributed by atoms with Crippen LogP contribution in [0.5, 0.6) is 5.75 Å². The number of hydrogen-bond donors (Lipinski definition) is 2. The predicted octanol–water partition coefficient (Wildman–Crippen LogP) is 1.14. The number of benzene rings is 1. The van der Waals surface area contributed by atoms with E-state index in [1.807, 2.05) is 24.3 Å². The Morgan fingerprint density at radius 3 is 2.72 bits per heavy atom. The zero-order chi connectivity index (χ0) is 13.0. The first-order valence-electron chi connectivity index (χ1n) is 6.10. The fraction of sp³-hybridized carbons (Fsp3) is 0.462. The lowest BCUT2D eigenvalue weighted by atomic mass is 10.1. The Morgan fingerprint density at radius 2 is 2.17 bits per heavy atom. The standard InChI is InChI=1S/C13H18N2O3/c1-10(16)11-2-4-12(5-3-11)18-9-8-15-7-6-14-13(15)17/h2-5,10,16H,6-9H2,1H3,(H,14,17). The third kappa shape index (κ3) is 3.13. The first kappa shape index (κ1) is 12.7. The van der Waals surface area contributed by atoms with Crippen LogP contribution < -0.4 is 10.1 Å². The summed E-state index contributed by atoms with van der Waals surface area (Å²) in [6, 6.07) is 7.30. The van der Waals surface area contributed by atoms with Gasteiger partial charge in [0, 0.05) is 13.1 Å². The van der Waals surface area contributed by atoms with Crippen LogP contribution in [0.2, 0.25) is 0 Å². The third-order valence-corrected chi connectivity index (χ3v) is 2.94. The summed E-state index contributed by atoms with van der Waals surface area (Å²) in [6.45, 7) is 4.23. The van der Waals surface area contributed by atoms with E-state index >= 15 is 0 Å². The molecule has 2 N–H and O–H groups in total. The molecule has 0 aliphatic carbocycles. The number of carbonyl (C=O) groups is 1. The van der Waals surface area contributed by atoms with E-state index in [9.17, 15) is 9.90 Å². The normalized spacial score (nSPS) is 16.6. The minimum Gasteiger partial charge on any atom is -0.492 e. The number of rotatable bonds is 5. The Labute approximate surface area is 106 Å². The summed E-state index contributed by atoms with van der Waals surface area (Å²) in [5.41, 5.74) is 0.862. The number of nitrogens with one attached hydrogen (secondary N) is 1. The van der Waals surface area contributed by atoms with Crippen LogP contribution >= 0.6 is 0 Å². The van der Waals surface area contributed by atoms with E-state index in [2.05, 4.69) is 5.32 Å². The van der Waals surface area contributed by atoms with Crippen molar-refractivity contribution in [1.82, 2.24) is 10.2 Å². The first-order valence-corrected chi connectivity index (χ1v) is 6.10. The van der Waals surface area contributed by atoms with E-state index in [-0.39, 0.29) is 6.03 Å². The molecule has 0 aromatic heterocycles. The molecule has 5 heteroatoms. The summed E-state index contributed by atoms with van der Waals surface area (Å²) in [5.74, 6) is 0.749. The Bertz CT molecular complexity index is 403. The molecule has 5 nitrogen and oxygen atoms in total. The highest BCUT2D eigenvalue weighted by atomic mass is 16.5. The fourth-order valence-electron chi connectivity index (χ4n) is 1.84. The van der Waals surface area contributed by atoms with E-state index in [4.69, 9.17) is 4.74 Å². The zero-order valence-electron chi connectivity index (χ0n) is 10.4. The van der Waals surface area contributed by atoms with Crippen LogP contribution in [-0.4, -0.2) is 42.3 Å². The molecule has 1 aliphatic heterocycles. The molecule has 2 amide bonds. The average molecular weight is 250 g/mol. The Balaban J connectivity index is 1.78. The van der Waals surface area contributed by atoms with Crippen molar-refractivity contribution in [2.24, 2.45) is 0 Å². The van der Waals surface area contributed by atoms with Crippen LogP contribution in [0.1, 0.15) is 18.6 Å². The van der Waals surface area contributed by atoms with E-state index < -0.39 is 6.10 Å². The van der Waals surface area contributed by atoms with Gasteiger partial charge in [0.15, 0.2) is 0 Å².